The van der Waals surface area contributed by atoms with Crippen LogP contribution in [0.4, 0.5) is 0 Å². The standard InChI is InChI=1S/C23H31NO4/c1-22-8-3-9-23(14-27-23)20(22)10-17-18(21(25)28-19(17)11-22)13-24-12-15-4-6-16(26-2)7-5-15/h4-7,17-20,24H,3,8-14H2,1-2H3/t17-,18+,19+,20-,22+,23-/m0/s1. The summed E-state index contributed by atoms with van der Waals surface area (Å²) in [7, 11) is 1.67. The van der Waals surface area contributed by atoms with Crippen molar-refractivity contribution in [1.29, 1.82) is 0 Å². The number of esters is 1. The zero-order valence-corrected chi connectivity index (χ0v) is 16.9. The number of carbonyl (C=O) groups is 1. The molecule has 0 radical (unpaired) electrons. The summed E-state index contributed by atoms with van der Waals surface area (Å²) in [6, 6.07) is 8.06. The molecule has 0 amide bonds. The van der Waals surface area contributed by atoms with Gasteiger partial charge < -0.3 is 19.5 Å². The second-order valence-electron chi connectivity index (χ2n) is 9.58. The lowest BCUT2D eigenvalue weighted by Gasteiger charge is -2.51. The van der Waals surface area contributed by atoms with Crippen LogP contribution in [-0.4, -0.2) is 37.9 Å². The van der Waals surface area contributed by atoms with Gasteiger partial charge in [-0.25, -0.2) is 0 Å². The Labute approximate surface area is 167 Å². The van der Waals surface area contributed by atoms with Crippen LogP contribution in [0.3, 0.4) is 0 Å². The third-order valence-corrected chi connectivity index (χ3v) is 7.93. The number of hydrogen-bond acceptors (Lipinski definition) is 5. The molecular formula is C23H31NO4. The quantitative estimate of drug-likeness (QED) is 0.622. The first-order valence-corrected chi connectivity index (χ1v) is 10.7. The summed E-state index contributed by atoms with van der Waals surface area (Å²) < 4.78 is 17.1. The van der Waals surface area contributed by atoms with Crippen molar-refractivity contribution in [1.82, 2.24) is 5.32 Å². The van der Waals surface area contributed by atoms with Crippen molar-refractivity contribution >= 4 is 5.97 Å². The molecular weight excluding hydrogens is 354 g/mol. The summed E-state index contributed by atoms with van der Waals surface area (Å²) in [4.78, 5) is 12.6. The molecule has 2 saturated carbocycles. The number of fused-ring (bicyclic) bond motifs is 3. The number of nitrogens with one attached hydrogen (secondary N) is 1. The molecule has 2 aliphatic heterocycles. The molecule has 6 atom stereocenters. The minimum absolute atomic E-state index is 0.00903. The van der Waals surface area contributed by atoms with Crippen LogP contribution in [0.5, 0.6) is 5.75 Å². The molecule has 1 aromatic rings. The van der Waals surface area contributed by atoms with E-state index >= 15 is 0 Å². The summed E-state index contributed by atoms with van der Waals surface area (Å²) >= 11 is 0. The summed E-state index contributed by atoms with van der Waals surface area (Å²) in [6.07, 6.45) is 5.85. The van der Waals surface area contributed by atoms with E-state index in [1.807, 2.05) is 12.1 Å². The Balaban J connectivity index is 1.24. The number of ether oxygens (including phenoxy) is 3. The summed E-state index contributed by atoms with van der Waals surface area (Å²) in [5.74, 6) is 1.72. The predicted octanol–water partition coefficient (Wildman–Crippen LogP) is 3.31. The lowest BCUT2D eigenvalue weighted by atomic mass is 9.53. The summed E-state index contributed by atoms with van der Waals surface area (Å²) in [6.45, 7) is 4.75. The fourth-order valence-corrected chi connectivity index (χ4v) is 6.31. The van der Waals surface area contributed by atoms with Gasteiger partial charge in [0.2, 0.25) is 0 Å². The van der Waals surface area contributed by atoms with Crippen LogP contribution in [0.2, 0.25) is 0 Å². The molecule has 5 heteroatoms. The van der Waals surface area contributed by atoms with Crippen LogP contribution in [0, 0.1) is 23.2 Å². The predicted molar refractivity (Wildman–Crippen MR) is 105 cm³/mol. The van der Waals surface area contributed by atoms with Crippen molar-refractivity contribution in [3.8, 4) is 5.75 Å². The average Bonchev–Trinajstić information content (AvgIpc) is 3.39. The Hall–Kier alpha value is -1.59. The molecule has 1 spiro atoms. The first-order valence-electron chi connectivity index (χ1n) is 10.7. The molecule has 5 rings (SSSR count). The molecule has 4 aliphatic rings. The van der Waals surface area contributed by atoms with E-state index in [2.05, 4.69) is 24.4 Å². The maximum atomic E-state index is 12.6. The fraction of sp³-hybridized carbons (Fsp3) is 0.696. The average molecular weight is 386 g/mol. The van der Waals surface area contributed by atoms with Crippen LogP contribution in [0.15, 0.2) is 24.3 Å². The fourth-order valence-electron chi connectivity index (χ4n) is 6.31. The van der Waals surface area contributed by atoms with Crippen molar-refractivity contribution in [3.05, 3.63) is 29.8 Å². The van der Waals surface area contributed by atoms with Gasteiger partial charge in [0, 0.05) is 19.0 Å². The number of epoxide rings is 1. The van der Waals surface area contributed by atoms with Crippen LogP contribution in [0.25, 0.3) is 0 Å². The van der Waals surface area contributed by atoms with Crippen LogP contribution in [0.1, 0.15) is 44.6 Å². The number of hydrogen-bond donors (Lipinski definition) is 1. The Morgan fingerprint density at radius 2 is 2.04 bits per heavy atom. The van der Waals surface area contributed by atoms with Crippen molar-refractivity contribution in [2.75, 3.05) is 20.3 Å². The molecule has 152 valence electrons. The van der Waals surface area contributed by atoms with Gasteiger partial charge in [0.1, 0.15) is 11.9 Å². The van der Waals surface area contributed by atoms with Crippen molar-refractivity contribution in [3.63, 3.8) is 0 Å². The molecule has 2 aliphatic carbocycles. The number of methoxy groups -OCH3 is 1. The minimum Gasteiger partial charge on any atom is -0.497 e. The van der Waals surface area contributed by atoms with Crippen LogP contribution >= 0.6 is 0 Å². The van der Waals surface area contributed by atoms with Gasteiger partial charge in [0.15, 0.2) is 0 Å². The molecule has 5 nitrogen and oxygen atoms in total. The van der Waals surface area contributed by atoms with Gasteiger partial charge >= 0.3 is 5.97 Å². The SMILES string of the molecule is COc1ccc(CNC[C@H]2C(=O)O[C@@H]3C[C@@]4(C)CCC[C@]5(CO5)[C@H]4C[C@H]32)cc1. The lowest BCUT2D eigenvalue weighted by Crippen LogP contribution is -2.51. The molecule has 0 bridgehead atoms. The van der Waals surface area contributed by atoms with E-state index in [1.54, 1.807) is 7.11 Å². The maximum absolute atomic E-state index is 12.6. The van der Waals surface area contributed by atoms with Gasteiger partial charge in [0.05, 0.1) is 25.2 Å². The highest BCUT2D eigenvalue weighted by Gasteiger charge is 2.64. The first-order chi connectivity index (χ1) is 13.5. The molecule has 2 saturated heterocycles. The van der Waals surface area contributed by atoms with E-state index in [1.165, 1.54) is 24.8 Å². The Morgan fingerprint density at radius 1 is 1.25 bits per heavy atom. The second-order valence-corrected chi connectivity index (χ2v) is 9.58. The number of rotatable bonds is 5. The zero-order chi connectivity index (χ0) is 19.4. The van der Waals surface area contributed by atoms with Crippen molar-refractivity contribution in [2.45, 2.75) is 57.3 Å². The number of carbonyl (C=O) groups excluding carboxylic acids is 1. The maximum Gasteiger partial charge on any atom is 0.310 e. The molecule has 1 N–H and O–H groups in total. The van der Waals surface area contributed by atoms with Crippen LogP contribution < -0.4 is 10.1 Å². The molecule has 4 fully saturated rings. The molecule has 0 aromatic heterocycles. The van der Waals surface area contributed by atoms with E-state index in [0.717, 1.165) is 31.7 Å². The van der Waals surface area contributed by atoms with E-state index in [0.29, 0.717) is 18.4 Å². The van der Waals surface area contributed by atoms with Gasteiger partial charge in [-0.15, -0.1) is 0 Å². The highest BCUT2D eigenvalue weighted by Crippen LogP contribution is 2.62. The third-order valence-electron chi connectivity index (χ3n) is 7.93. The molecule has 0 unspecified atom stereocenters. The largest absolute Gasteiger partial charge is 0.497 e. The van der Waals surface area contributed by atoms with Gasteiger partial charge in [-0.05, 0) is 61.1 Å². The Kier molecular flexibility index (Phi) is 4.44. The minimum atomic E-state index is -0.0366. The Morgan fingerprint density at radius 3 is 2.75 bits per heavy atom. The van der Waals surface area contributed by atoms with E-state index in [-0.39, 0.29) is 29.0 Å². The molecule has 1 aromatic carbocycles. The monoisotopic (exact) mass is 385 g/mol. The first kappa shape index (κ1) is 18.4. The highest BCUT2D eigenvalue weighted by molar-refractivity contribution is 5.75. The van der Waals surface area contributed by atoms with Crippen molar-refractivity contribution in [2.24, 2.45) is 23.2 Å². The molecule has 2 heterocycles. The van der Waals surface area contributed by atoms with E-state index < -0.39 is 0 Å². The summed E-state index contributed by atoms with van der Waals surface area (Å²) in [5, 5.41) is 3.49. The normalized spacial score (nSPS) is 41.3. The van der Waals surface area contributed by atoms with Crippen LogP contribution in [-0.2, 0) is 20.8 Å². The second kappa shape index (κ2) is 6.74. The van der Waals surface area contributed by atoms with Gasteiger partial charge in [-0.1, -0.05) is 19.1 Å². The third kappa shape index (κ3) is 3.03. The van der Waals surface area contributed by atoms with Crippen molar-refractivity contribution < 1.29 is 19.0 Å². The highest BCUT2D eigenvalue weighted by atomic mass is 16.6. The number of benzene rings is 1. The van der Waals surface area contributed by atoms with Gasteiger partial charge in [-0.3, -0.25) is 4.79 Å². The topological polar surface area (TPSA) is 60.1 Å². The smallest absolute Gasteiger partial charge is 0.310 e. The van der Waals surface area contributed by atoms with Gasteiger partial charge in [0.25, 0.3) is 0 Å². The Bertz CT molecular complexity index is 743. The lowest BCUT2D eigenvalue weighted by molar-refractivity contribution is -0.147. The van der Waals surface area contributed by atoms with Gasteiger partial charge in [-0.2, -0.15) is 0 Å². The zero-order valence-electron chi connectivity index (χ0n) is 16.9. The van der Waals surface area contributed by atoms with E-state index in [4.69, 9.17) is 14.2 Å². The van der Waals surface area contributed by atoms with E-state index in [9.17, 15) is 4.79 Å². The summed E-state index contributed by atoms with van der Waals surface area (Å²) in [5.41, 5.74) is 1.57. The molecule has 28 heavy (non-hydrogen) atoms.